The molecule has 104 valence electrons. The second-order valence-corrected chi connectivity index (χ2v) is 4.79. The van der Waals surface area contributed by atoms with Crippen molar-refractivity contribution in [1.29, 1.82) is 0 Å². The average molecular weight is 263 g/mol. The van der Waals surface area contributed by atoms with Gasteiger partial charge in [0.2, 0.25) is 11.9 Å². The van der Waals surface area contributed by atoms with Crippen molar-refractivity contribution >= 4 is 11.9 Å². The summed E-state index contributed by atoms with van der Waals surface area (Å²) in [6.07, 6.45) is 6.79. The molecule has 1 amide bonds. The van der Waals surface area contributed by atoms with Crippen molar-refractivity contribution in [3.63, 3.8) is 0 Å². The minimum atomic E-state index is 0.0891. The molecule has 1 aliphatic heterocycles. The number of carbonyl (C=O) groups is 1. The van der Waals surface area contributed by atoms with E-state index in [1.54, 1.807) is 18.5 Å². The molecule has 3 N–H and O–H groups in total. The lowest BCUT2D eigenvalue weighted by Crippen LogP contribution is -2.48. The van der Waals surface area contributed by atoms with Crippen LogP contribution in [0.3, 0.4) is 0 Å². The minimum absolute atomic E-state index is 0.0891. The lowest BCUT2D eigenvalue weighted by Gasteiger charge is -2.33. The Kier molecular flexibility index (Phi) is 5.09. The molecule has 1 atom stereocenters. The standard InChI is InChI=1S/C13H21N5O/c14-6-1-5-12(19)17-11-4-2-9-18(10-11)13-15-7-3-8-16-13/h3,7-8,11H,1-2,4-6,9-10,14H2,(H,17,19). The van der Waals surface area contributed by atoms with Gasteiger partial charge in [-0.3, -0.25) is 4.79 Å². The van der Waals surface area contributed by atoms with Crippen molar-refractivity contribution in [3.05, 3.63) is 18.5 Å². The highest BCUT2D eigenvalue weighted by molar-refractivity contribution is 5.76. The van der Waals surface area contributed by atoms with Crippen molar-refractivity contribution in [2.45, 2.75) is 31.7 Å². The third-order valence-corrected chi connectivity index (χ3v) is 3.23. The maximum absolute atomic E-state index is 11.7. The highest BCUT2D eigenvalue weighted by atomic mass is 16.1. The van der Waals surface area contributed by atoms with Crippen LogP contribution in [0.15, 0.2) is 18.5 Å². The molecule has 0 bridgehead atoms. The molecule has 0 aromatic carbocycles. The summed E-state index contributed by atoms with van der Waals surface area (Å²) in [5.41, 5.74) is 5.40. The molecular weight excluding hydrogens is 242 g/mol. The molecule has 2 heterocycles. The number of hydrogen-bond donors (Lipinski definition) is 2. The molecule has 0 saturated carbocycles. The van der Waals surface area contributed by atoms with Gasteiger partial charge < -0.3 is 16.0 Å². The highest BCUT2D eigenvalue weighted by Gasteiger charge is 2.22. The number of rotatable bonds is 5. The normalized spacial score (nSPS) is 19.2. The molecule has 2 rings (SSSR count). The molecule has 0 spiro atoms. The number of nitrogens with two attached hydrogens (primary N) is 1. The van der Waals surface area contributed by atoms with Gasteiger partial charge in [0.1, 0.15) is 0 Å². The number of anilines is 1. The van der Waals surface area contributed by atoms with E-state index in [1.807, 2.05) is 0 Å². The number of hydrogen-bond acceptors (Lipinski definition) is 5. The molecule has 6 heteroatoms. The van der Waals surface area contributed by atoms with Gasteiger partial charge in [0.05, 0.1) is 0 Å². The minimum Gasteiger partial charge on any atom is -0.352 e. The topological polar surface area (TPSA) is 84.1 Å². The lowest BCUT2D eigenvalue weighted by atomic mass is 10.1. The molecule has 0 aliphatic carbocycles. The summed E-state index contributed by atoms with van der Waals surface area (Å²) >= 11 is 0. The summed E-state index contributed by atoms with van der Waals surface area (Å²) in [7, 11) is 0. The van der Waals surface area contributed by atoms with Crippen LogP contribution in [0.4, 0.5) is 5.95 Å². The Hall–Kier alpha value is -1.69. The van der Waals surface area contributed by atoms with Gasteiger partial charge in [-0.05, 0) is 31.9 Å². The van der Waals surface area contributed by atoms with Gasteiger partial charge in [-0.15, -0.1) is 0 Å². The smallest absolute Gasteiger partial charge is 0.225 e. The van der Waals surface area contributed by atoms with Crippen molar-refractivity contribution in [2.24, 2.45) is 5.73 Å². The second-order valence-electron chi connectivity index (χ2n) is 4.79. The maximum atomic E-state index is 11.7. The first-order chi connectivity index (χ1) is 9.29. The van der Waals surface area contributed by atoms with E-state index in [-0.39, 0.29) is 11.9 Å². The fourth-order valence-corrected chi connectivity index (χ4v) is 2.29. The first kappa shape index (κ1) is 13.7. The predicted octanol–water partition coefficient (Wildman–Crippen LogP) is 0.301. The zero-order chi connectivity index (χ0) is 13.5. The summed E-state index contributed by atoms with van der Waals surface area (Å²) < 4.78 is 0. The van der Waals surface area contributed by atoms with Crippen molar-refractivity contribution in [2.75, 3.05) is 24.5 Å². The molecule has 1 aromatic heterocycles. The molecule has 1 saturated heterocycles. The quantitative estimate of drug-likeness (QED) is 0.798. The number of aromatic nitrogens is 2. The molecule has 1 fully saturated rings. The van der Waals surface area contributed by atoms with Crippen molar-refractivity contribution in [3.8, 4) is 0 Å². The first-order valence-corrected chi connectivity index (χ1v) is 6.81. The van der Waals surface area contributed by atoms with E-state index in [1.165, 1.54) is 0 Å². The van der Waals surface area contributed by atoms with Crippen molar-refractivity contribution < 1.29 is 4.79 Å². The summed E-state index contributed by atoms with van der Waals surface area (Å²) in [5.74, 6) is 0.828. The second kappa shape index (κ2) is 7.04. The van der Waals surface area contributed by atoms with Crippen LogP contribution in [0.2, 0.25) is 0 Å². The van der Waals surface area contributed by atoms with Crippen LogP contribution < -0.4 is 16.0 Å². The summed E-state index contributed by atoms with van der Waals surface area (Å²) in [4.78, 5) is 22.3. The Balaban J connectivity index is 1.85. The zero-order valence-corrected chi connectivity index (χ0v) is 11.1. The highest BCUT2D eigenvalue weighted by Crippen LogP contribution is 2.15. The Morgan fingerprint density at radius 2 is 2.26 bits per heavy atom. The van der Waals surface area contributed by atoms with Gasteiger partial charge in [0, 0.05) is 37.9 Å². The van der Waals surface area contributed by atoms with Gasteiger partial charge >= 0.3 is 0 Å². The predicted molar refractivity (Wildman–Crippen MR) is 73.7 cm³/mol. The van der Waals surface area contributed by atoms with Gasteiger partial charge in [-0.25, -0.2) is 9.97 Å². The Bertz CT molecular complexity index is 397. The largest absolute Gasteiger partial charge is 0.352 e. The van der Waals surface area contributed by atoms with Gasteiger partial charge in [-0.2, -0.15) is 0 Å². The van der Waals surface area contributed by atoms with E-state index in [4.69, 9.17) is 5.73 Å². The van der Waals surface area contributed by atoms with E-state index in [2.05, 4.69) is 20.2 Å². The van der Waals surface area contributed by atoms with E-state index in [0.29, 0.717) is 13.0 Å². The van der Waals surface area contributed by atoms with Crippen LogP contribution in [0.25, 0.3) is 0 Å². The number of carbonyl (C=O) groups excluding carboxylic acids is 1. The summed E-state index contributed by atoms with van der Waals surface area (Å²) in [5, 5.41) is 3.06. The van der Waals surface area contributed by atoms with Crippen molar-refractivity contribution in [1.82, 2.24) is 15.3 Å². The molecule has 19 heavy (non-hydrogen) atoms. The fraction of sp³-hybridized carbons (Fsp3) is 0.615. The van der Waals surface area contributed by atoms with Crippen LogP contribution in [0.1, 0.15) is 25.7 Å². The van der Waals surface area contributed by atoms with E-state index < -0.39 is 0 Å². The van der Waals surface area contributed by atoms with Crippen LogP contribution in [-0.2, 0) is 4.79 Å². The van der Waals surface area contributed by atoms with Crippen LogP contribution in [0.5, 0.6) is 0 Å². The third kappa shape index (κ3) is 4.17. The Morgan fingerprint density at radius 1 is 1.47 bits per heavy atom. The number of nitrogens with zero attached hydrogens (tertiary/aromatic N) is 3. The zero-order valence-electron chi connectivity index (χ0n) is 11.1. The van der Waals surface area contributed by atoms with Crippen LogP contribution in [0, 0.1) is 0 Å². The fourth-order valence-electron chi connectivity index (χ4n) is 2.29. The average Bonchev–Trinajstić information content (AvgIpc) is 2.46. The van der Waals surface area contributed by atoms with E-state index in [9.17, 15) is 4.79 Å². The Labute approximate surface area is 113 Å². The maximum Gasteiger partial charge on any atom is 0.225 e. The summed E-state index contributed by atoms with van der Waals surface area (Å²) in [6, 6.07) is 1.99. The number of nitrogens with one attached hydrogen (secondary N) is 1. The Morgan fingerprint density at radius 3 is 3.00 bits per heavy atom. The summed E-state index contributed by atoms with van der Waals surface area (Å²) in [6.45, 7) is 2.28. The number of amides is 1. The molecular formula is C13H21N5O. The number of piperidine rings is 1. The lowest BCUT2D eigenvalue weighted by molar-refractivity contribution is -0.121. The van der Waals surface area contributed by atoms with E-state index >= 15 is 0 Å². The molecule has 1 aliphatic rings. The first-order valence-electron chi connectivity index (χ1n) is 6.81. The SMILES string of the molecule is NCCCC(=O)NC1CCCN(c2ncccn2)C1. The monoisotopic (exact) mass is 263 g/mol. The van der Waals surface area contributed by atoms with Crippen LogP contribution >= 0.6 is 0 Å². The molecule has 1 unspecified atom stereocenters. The van der Waals surface area contributed by atoms with Gasteiger partial charge in [-0.1, -0.05) is 0 Å². The molecule has 0 radical (unpaired) electrons. The van der Waals surface area contributed by atoms with E-state index in [0.717, 1.165) is 38.3 Å². The van der Waals surface area contributed by atoms with Gasteiger partial charge in [0.25, 0.3) is 0 Å². The third-order valence-electron chi connectivity index (χ3n) is 3.23. The van der Waals surface area contributed by atoms with Gasteiger partial charge in [0.15, 0.2) is 0 Å². The molecule has 6 nitrogen and oxygen atoms in total. The van der Waals surface area contributed by atoms with Crippen LogP contribution in [-0.4, -0.2) is 41.6 Å². The molecule has 1 aromatic rings.